The van der Waals surface area contributed by atoms with Gasteiger partial charge in [-0.05, 0) is 11.1 Å². The van der Waals surface area contributed by atoms with E-state index < -0.39 is 4.92 Å². The Labute approximate surface area is 115 Å². The fourth-order valence-corrected chi connectivity index (χ4v) is 2.45. The molecule has 0 fully saturated rings. The number of nitrogens with zero attached hydrogens (tertiary/aromatic N) is 2. The molecule has 1 N–H and O–H groups in total. The molecule has 0 aliphatic carbocycles. The van der Waals surface area contributed by atoms with Gasteiger partial charge in [0.1, 0.15) is 0 Å². The maximum absolute atomic E-state index is 12.1. The van der Waals surface area contributed by atoms with Gasteiger partial charge in [-0.3, -0.25) is 19.8 Å². The van der Waals surface area contributed by atoms with Crippen LogP contribution in [-0.4, -0.2) is 27.1 Å². The van der Waals surface area contributed by atoms with Crippen molar-refractivity contribution in [2.24, 2.45) is 0 Å². The van der Waals surface area contributed by atoms with Crippen molar-refractivity contribution in [3.05, 3.63) is 63.5 Å². The van der Waals surface area contributed by atoms with Gasteiger partial charge in [0.2, 0.25) is 0 Å². The van der Waals surface area contributed by atoms with Crippen LogP contribution in [0.3, 0.4) is 0 Å². The Hall–Kier alpha value is -2.47. The lowest BCUT2D eigenvalue weighted by Crippen LogP contribution is -2.24. The molecule has 102 valence electrons. The van der Waals surface area contributed by atoms with Crippen LogP contribution in [0.4, 0.5) is 5.69 Å². The minimum Gasteiger partial charge on any atom is -0.353 e. The number of nitrogens with one attached hydrogen (secondary N) is 1. The van der Waals surface area contributed by atoms with E-state index in [0.29, 0.717) is 0 Å². The third-order valence-corrected chi connectivity index (χ3v) is 3.45. The first kappa shape index (κ1) is 12.6. The topological polar surface area (TPSA) is 79.2 Å². The lowest BCUT2D eigenvalue weighted by Gasteiger charge is -2.12. The summed E-state index contributed by atoms with van der Waals surface area (Å²) < 4.78 is 0. The van der Waals surface area contributed by atoms with Crippen molar-refractivity contribution >= 4 is 11.5 Å². The smallest absolute Gasteiger partial charge is 0.287 e. The number of nitro groups is 1. The molecular formula is C14H13N3O3. The maximum Gasteiger partial charge on any atom is 0.287 e. The summed E-state index contributed by atoms with van der Waals surface area (Å²) in [4.78, 5) is 26.9. The van der Waals surface area contributed by atoms with Gasteiger partial charge >= 0.3 is 0 Å². The number of fused-ring (bicyclic) bond motifs is 1. The van der Waals surface area contributed by atoms with Crippen LogP contribution in [0.25, 0.3) is 0 Å². The molecule has 0 bridgehead atoms. The van der Waals surface area contributed by atoms with Gasteiger partial charge in [0, 0.05) is 19.2 Å². The summed E-state index contributed by atoms with van der Waals surface area (Å²) >= 11 is 0. The van der Waals surface area contributed by atoms with Crippen LogP contribution in [0, 0.1) is 10.1 Å². The Balaban J connectivity index is 1.67. The highest BCUT2D eigenvalue weighted by atomic mass is 16.6. The van der Waals surface area contributed by atoms with Crippen LogP contribution >= 0.6 is 0 Å². The summed E-state index contributed by atoms with van der Waals surface area (Å²) in [5.41, 5.74) is 2.67. The van der Waals surface area contributed by atoms with Crippen molar-refractivity contribution in [2.75, 3.05) is 6.54 Å². The van der Waals surface area contributed by atoms with E-state index in [-0.39, 0.29) is 23.7 Å². The molecule has 0 unspecified atom stereocenters. The van der Waals surface area contributed by atoms with Crippen LogP contribution in [0.2, 0.25) is 0 Å². The Morgan fingerprint density at radius 3 is 2.50 bits per heavy atom. The number of rotatable bonds is 4. The predicted octanol–water partition coefficient (Wildman–Crippen LogP) is 2.12. The average Bonchev–Trinajstić information content (AvgIpc) is 3.04. The second kappa shape index (κ2) is 4.90. The molecule has 0 amide bonds. The van der Waals surface area contributed by atoms with E-state index in [2.05, 4.69) is 17.1 Å². The summed E-state index contributed by atoms with van der Waals surface area (Å²) in [6, 6.07) is 9.36. The monoisotopic (exact) mass is 271 g/mol. The molecule has 0 saturated carbocycles. The fourth-order valence-electron chi connectivity index (χ4n) is 2.45. The Bertz CT molecular complexity index is 653. The van der Waals surface area contributed by atoms with E-state index in [1.807, 2.05) is 17.0 Å². The van der Waals surface area contributed by atoms with E-state index in [1.165, 1.54) is 23.4 Å². The van der Waals surface area contributed by atoms with Crippen LogP contribution in [0.5, 0.6) is 0 Å². The first-order valence-electron chi connectivity index (χ1n) is 6.28. The maximum atomic E-state index is 12.1. The molecule has 20 heavy (non-hydrogen) atoms. The van der Waals surface area contributed by atoms with Crippen molar-refractivity contribution in [1.29, 1.82) is 0 Å². The molecule has 6 nitrogen and oxygen atoms in total. The van der Waals surface area contributed by atoms with Gasteiger partial charge < -0.3 is 4.98 Å². The lowest BCUT2D eigenvalue weighted by atomic mass is 10.1. The first-order chi connectivity index (χ1) is 9.63. The Morgan fingerprint density at radius 1 is 1.30 bits per heavy atom. The number of aromatic nitrogens is 1. The molecule has 1 aromatic carbocycles. The largest absolute Gasteiger partial charge is 0.353 e. The highest BCUT2D eigenvalue weighted by Gasteiger charge is 2.22. The van der Waals surface area contributed by atoms with E-state index in [4.69, 9.17) is 0 Å². The summed E-state index contributed by atoms with van der Waals surface area (Å²) in [6.07, 6.45) is 1.24. The Morgan fingerprint density at radius 2 is 1.95 bits per heavy atom. The molecule has 0 saturated heterocycles. The normalized spacial score (nSPS) is 14.2. The van der Waals surface area contributed by atoms with Crippen molar-refractivity contribution in [3.63, 3.8) is 0 Å². The summed E-state index contributed by atoms with van der Waals surface area (Å²) in [6.45, 7) is 1.74. The van der Waals surface area contributed by atoms with Crippen LogP contribution < -0.4 is 0 Å². The molecule has 1 aliphatic heterocycles. The van der Waals surface area contributed by atoms with Crippen molar-refractivity contribution in [3.8, 4) is 0 Å². The van der Waals surface area contributed by atoms with Crippen LogP contribution in [-0.2, 0) is 13.1 Å². The number of aromatic amines is 1. The highest BCUT2D eigenvalue weighted by molar-refractivity contribution is 5.96. The summed E-state index contributed by atoms with van der Waals surface area (Å²) in [5, 5.41) is 10.6. The van der Waals surface area contributed by atoms with Gasteiger partial charge in [-0.15, -0.1) is 0 Å². The first-order valence-corrected chi connectivity index (χ1v) is 6.28. The van der Waals surface area contributed by atoms with Crippen LogP contribution in [0.1, 0.15) is 21.6 Å². The van der Waals surface area contributed by atoms with E-state index in [9.17, 15) is 14.9 Å². The zero-order chi connectivity index (χ0) is 14.1. The Kier molecular flexibility index (Phi) is 3.08. The number of Topliss-reactive ketones (excluding diaryl/α,β-unsaturated/α-hetero) is 1. The van der Waals surface area contributed by atoms with E-state index in [1.54, 1.807) is 0 Å². The van der Waals surface area contributed by atoms with E-state index in [0.717, 1.165) is 13.1 Å². The standard InChI is InChI=1S/C14H13N3O3/c18-14(13-5-12(6-15-13)17(19)20)9-16-7-10-3-1-2-4-11(10)8-16/h1-6,15H,7-9H2. The zero-order valence-corrected chi connectivity index (χ0v) is 10.7. The number of hydrogen-bond acceptors (Lipinski definition) is 4. The van der Waals surface area contributed by atoms with E-state index >= 15 is 0 Å². The van der Waals surface area contributed by atoms with Gasteiger partial charge in [0.15, 0.2) is 5.78 Å². The molecule has 0 atom stereocenters. The molecule has 0 radical (unpaired) electrons. The number of benzene rings is 1. The fraction of sp³-hybridized carbons (Fsp3) is 0.214. The van der Waals surface area contributed by atoms with Gasteiger partial charge in [0.05, 0.1) is 23.4 Å². The second-order valence-electron chi connectivity index (χ2n) is 4.87. The molecule has 2 aromatic rings. The minimum absolute atomic E-state index is 0.0851. The average molecular weight is 271 g/mol. The minimum atomic E-state index is -0.515. The number of carbonyl (C=O) groups excluding carboxylic acids is 1. The number of H-pyrrole nitrogens is 1. The molecule has 0 spiro atoms. The second-order valence-corrected chi connectivity index (χ2v) is 4.87. The third kappa shape index (κ3) is 2.33. The number of ketones is 1. The van der Waals surface area contributed by atoms with Crippen molar-refractivity contribution < 1.29 is 9.72 Å². The number of hydrogen-bond donors (Lipinski definition) is 1. The van der Waals surface area contributed by atoms with Gasteiger partial charge in [-0.1, -0.05) is 24.3 Å². The highest BCUT2D eigenvalue weighted by Crippen LogP contribution is 2.22. The predicted molar refractivity (Wildman–Crippen MR) is 72.3 cm³/mol. The van der Waals surface area contributed by atoms with Crippen molar-refractivity contribution in [1.82, 2.24) is 9.88 Å². The molecule has 3 rings (SSSR count). The van der Waals surface area contributed by atoms with Gasteiger partial charge in [-0.25, -0.2) is 0 Å². The number of carbonyl (C=O) groups is 1. The van der Waals surface area contributed by atoms with Gasteiger partial charge in [0.25, 0.3) is 5.69 Å². The quantitative estimate of drug-likeness (QED) is 0.525. The molecule has 1 aliphatic rings. The summed E-state index contributed by atoms with van der Waals surface area (Å²) in [7, 11) is 0. The molecule has 1 aromatic heterocycles. The molecule has 6 heteroatoms. The SMILES string of the molecule is O=C(CN1Cc2ccccc2C1)c1cc([N+](=O)[O-])c[nH]1. The molecule has 2 heterocycles. The van der Waals surface area contributed by atoms with Crippen LogP contribution in [0.15, 0.2) is 36.5 Å². The lowest BCUT2D eigenvalue weighted by molar-refractivity contribution is -0.384. The molecular weight excluding hydrogens is 258 g/mol. The van der Waals surface area contributed by atoms with Crippen molar-refractivity contribution in [2.45, 2.75) is 13.1 Å². The van der Waals surface area contributed by atoms with Gasteiger partial charge in [-0.2, -0.15) is 0 Å². The summed E-state index contributed by atoms with van der Waals surface area (Å²) in [5.74, 6) is -0.133. The third-order valence-electron chi connectivity index (χ3n) is 3.45. The zero-order valence-electron chi connectivity index (χ0n) is 10.7.